The third kappa shape index (κ3) is 7.83. The summed E-state index contributed by atoms with van der Waals surface area (Å²) in [5.74, 6) is 0. The van der Waals surface area contributed by atoms with Crippen molar-refractivity contribution >= 4 is 8.80 Å². The zero-order valence-electron chi connectivity index (χ0n) is 11.9. The standard InChI is InChI=1S/C12H26O5Si/c1-5-16-9-6-7-10-17-11-8-12-18(13-2,14-3)15-4/h6,9H,5,7-8,10-12H2,1-4H3. The summed E-state index contributed by atoms with van der Waals surface area (Å²) in [5.41, 5.74) is 0. The van der Waals surface area contributed by atoms with E-state index in [1.165, 1.54) is 0 Å². The fourth-order valence-corrected chi connectivity index (χ4v) is 3.12. The van der Waals surface area contributed by atoms with Crippen molar-refractivity contribution in [1.82, 2.24) is 0 Å². The second-order valence-corrected chi connectivity index (χ2v) is 6.72. The minimum atomic E-state index is -2.42. The predicted molar refractivity (Wildman–Crippen MR) is 72.4 cm³/mol. The molecule has 0 radical (unpaired) electrons. The molecule has 0 heterocycles. The summed E-state index contributed by atoms with van der Waals surface area (Å²) in [6.07, 6.45) is 5.41. The lowest BCUT2D eigenvalue weighted by Crippen LogP contribution is -2.42. The van der Waals surface area contributed by atoms with Gasteiger partial charge in [-0.2, -0.15) is 0 Å². The Morgan fingerprint density at radius 2 is 1.67 bits per heavy atom. The Balaban J connectivity index is 3.49. The minimum Gasteiger partial charge on any atom is -0.502 e. The Kier molecular flexibility index (Phi) is 11.4. The molecule has 0 aromatic heterocycles. The molecule has 18 heavy (non-hydrogen) atoms. The first-order valence-electron chi connectivity index (χ1n) is 6.24. The summed E-state index contributed by atoms with van der Waals surface area (Å²) in [5, 5.41) is 0. The molecule has 0 aliphatic rings. The van der Waals surface area contributed by atoms with Gasteiger partial charge in [0, 0.05) is 34.0 Å². The first kappa shape index (κ1) is 17.6. The van der Waals surface area contributed by atoms with Crippen LogP contribution in [0.1, 0.15) is 19.8 Å². The lowest BCUT2D eigenvalue weighted by molar-refractivity contribution is 0.108. The largest absolute Gasteiger partial charge is 0.502 e. The third-order valence-corrected chi connectivity index (χ3v) is 5.32. The van der Waals surface area contributed by atoms with Gasteiger partial charge in [0.15, 0.2) is 0 Å². The number of rotatable bonds is 12. The van der Waals surface area contributed by atoms with Crippen LogP contribution in [0.15, 0.2) is 12.3 Å². The lowest BCUT2D eigenvalue weighted by Gasteiger charge is -2.24. The van der Waals surface area contributed by atoms with Gasteiger partial charge < -0.3 is 22.8 Å². The van der Waals surface area contributed by atoms with E-state index in [0.29, 0.717) is 19.8 Å². The number of ether oxygens (including phenoxy) is 2. The fraction of sp³-hybridized carbons (Fsp3) is 0.833. The average Bonchev–Trinajstić information content (AvgIpc) is 2.42. The summed E-state index contributed by atoms with van der Waals surface area (Å²) in [6.45, 7) is 4.05. The maximum absolute atomic E-state index is 5.49. The summed E-state index contributed by atoms with van der Waals surface area (Å²) < 4.78 is 26.5. The van der Waals surface area contributed by atoms with E-state index in [-0.39, 0.29) is 0 Å². The van der Waals surface area contributed by atoms with Gasteiger partial charge in [0.1, 0.15) is 0 Å². The van der Waals surface area contributed by atoms with Gasteiger partial charge in [-0.15, -0.1) is 0 Å². The Labute approximate surface area is 111 Å². The van der Waals surface area contributed by atoms with E-state index < -0.39 is 8.80 Å². The maximum atomic E-state index is 5.49. The Morgan fingerprint density at radius 3 is 2.22 bits per heavy atom. The summed E-state index contributed by atoms with van der Waals surface area (Å²) in [7, 11) is 2.45. The highest BCUT2D eigenvalue weighted by Crippen LogP contribution is 2.14. The van der Waals surface area contributed by atoms with E-state index in [2.05, 4.69) is 0 Å². The van der Waals surface area contributed by atoms with Crippen LogP contribution in [-0.2, 0) is 22.8 Å². The summed E-state index contributed by atoms with van der Waals surface area (Å²) in [4.78, 5) is 0. The van der Waals surface area contributed by atoms with Crippen molar-refractivity contribution in [3.05, 3.63) is 12.3 Å². The molecule has 0 rings (SSSR count). The molecule has 6 heteroatoms. The smallest absolute Gasteiger partial charge is 0.500 e. The molecule has 5 nitrogen and oxygen atoms in total. The first-order chi connectivity index (χ1) is 8.74. The molecule has 0 amide bonds. The monoisotopic (exact) mass is 278 g/mol. The molecule has 0 aliphatic heterocycles. The van der Waals surface area contributed by atoms with Gasteiger partial charge >= 0.3 is 8.80 Å². The lowest BCUT2D eigenvalue weighted by atomic mass is 10.4. The van der Waals surface area contributed by atoms with Gasteiger partial charge in [0.05, 0.1) is 19.5 Å². The van der Waals surface area contributed by atoms with Crippen molar-refractivity contribution < 1.29 is 22.8 Å². The molecule has 0 fully saturated rings. The second-order valence-electron chi connectivity index (χ2n) is 3.63. The van der Waals surface area contributed by atoms with Crippen LogP contribution in [0, 0.1) is 0 Å². The molecule has 108 valence electrons. The molecule has 0 spiro atoms. The summed E-state index contributed by atoms with van der Waals surface area (Å²) in [6, 6.07) is 0.769. The quantitative estimate of drug-likeness (QED) is 0.311. The van der Waals surface area contributed by atoms with Gasteiger partial charge in [0.2, 0.25) is 0 Å². The van der Waals surface area contributed by atoms with E-state index in [1.807, 2.05) is 13.0 Å². The van der Waals surface area contributed by atoms with Gasteiger partial charge in [-0.25, -0.2) is 0 Å². The molecule has 0 atom stereocenters. The Morgan fingerprint density at radius 1 is 1.00 bits per heavy atom. The van der Waals surface area contributed by atoms with Crippen LogP contribution in [-0.4, -0.2) is 50.0 Å². The highest BCUT2D eigenvalue weighted by molar-refractivity contribution is 6.60. The van der Waals surface area contributed by atoms with Crippen molar-refractivity contribution in [2.45, 2.75) is 25.8 Å². The predicted octanol–water partition coefficient (Wildman–Crippen LogP) is 2.21. The third-order valence-electron chi connectivity index (χ3n) is 2.49. The van der Waals surface area contributed by atoms with Crippen LogP contribution in [0.2, 0.25) is 6.04 Å². The van der Waals surface area contributed by atoms with Crippen LogP contribution >= 0.6 is 0 Å². The van der Waals surface area contributed by atoms with Crippen molar-refractivity contribution in [2.24, 2.45) is 0 Å². The zero-order valence-corrected chi connectivity index (χ0v) is 12.9. The van der Waals surface area contributed by atoms with Gasteiger partial charge in [-0.05, 0) is 25.8 Å². The van der Waals surface area contributed by atoms with Crippen molar-refractivity contribution in [3.63, 3.8) is 0 Å². The van der Waals surface area contributed by atoms with Crippen LogP contribution < -0.4 is 0 Å². The highest BCUT2D eigenvalue weighted by atomic mass is 28.4. The van der Waals surface area contributed by atoms with E-state index in [0.717, 1.165) is 18.9 Å². The van der Waals surface area contributed by atoms with Crippen LogP contribution in [0.25, 0.3) is 0 Å². The van der Waals surface area contributed by atoms with Crippen molar-refractivity contribution in [2.75, 3.05) is 41.2 Å². The van der Waals surface area contributed by atoms with E-state index in [9.17, 15) is 0 Å². The molecule has 0 saturated heterocycles. The normalized spacial score (nSPS) is 12.2. The molecular weight excluding hydrogens is 252 g/mol. The Hall–Kier alpha value is -0.403. The van der Waals surface area contributed by atoms with Crippen molar-refractivity contribution in [3.8, 4) is 0 Å². The van der Waals surface area contributed by atoms with Crippen LogP contribution in [0.5, 0.6) is 0 Å². The molecule has 0 aromatic rings. The van der Waals surface area contributed by atoms with Gasteiger partial charge in [-0.1, -0.05) is 0 Å². The zero-order chi connectivity index (χ0) is 13.7. The molecule has 0 aliphatic carbocycles. The highest BCUT2D eigenvalue weighted by Gasteiger charge is 2.36. The molecule has 0 bridgehead atoms. The second kappa shape index (κ2) is 11.7. The van der Waals surface area contributed by atoms with Crippen LogP contribution in [0.3, 0.4) is 0 Å². The van der Waals surface area contributed by atoms with E-state index >= 15 is 0 Å². The van der Waals surface area contributed by atoms with E-state index in [1.54, 1.807) is 27.6 Å². The molecule has 0 unspecified atom stereocenters. The molecule has 0 aromatic carbocycles. The fourth-order valence-electron chi connectivity index (χ4n) is 1.43. The Bertz CT molecular complexity index is 198. The number of hydrogen-bond acceptors (Lipinski definition) is 5. The van der Waals surface area contributed by atoms with Gasteiger partial charge in [0.25, 0.3) is 0 Å². The topological polar surface area (TPSA) is 46.2 Å². The van der Waals surface area contributed by atoms with Crippen LogP contribution in [0.4, 0.5) is 0 Å². The van der Waals surface area contributed by atoms with E-state index in [4.69, 9.17) is 22.8 Å². The SMILES string of the molecule is CCOC=CCCOCCC[Si](OC)(OC)OC. The molecule has 0 N–H and O–H groups in total. The van der Waals surface area contributed by atoms with Gasteiger partial charge in [-0.3, -0.25) is 0 Å². The average molecular weight is 278 g/mol. The number of hydrogen-bond donors (Lipinski definition) is 0. The minimum absolute atomic E-state index is 0.688. The molecule has 0 saturated carbocycles. The summed E-state index contributed by atoms with van der Waals surface area (Å²) >= 11 is 0. The maximum Gasteiger partial charge on any atom is 0.500 e. The first-order valence-corrected chi connectivity index (χ1v) is 8.17. The molecular formula is C12H26O5Si. The van der Waals surface area contributed by atoms with Crippen molar-refractivity contribution in [1.29, 1.82) is 0 Å².